The summed E-state index contributed by atoms with van der Waals surface area (Å²) >= 11 is 0. The first-order chi connectivity index (χ1) is 8.66. The predicted octanol–water partition coefficient (Wildman–Crippen LogP) is 2.40. The van der Waals surface area contributed by atoms with Gasteiger partial charge in [-0.3, -0.25) is 0 Å². The second-order valence-electron chi connectivity index (χ2n) is 4.63. The fraction of sp³-hybridized carbons (Fsp3) is 0.846. The molecule has 0 aliphatic carbocycles. The Morgan fingerprint density at radius 3 is 2.67 bits per heavy atom. The van der Waals surface area contributed by atoms with E-state index in [1.54, 1.807) is 0 Å². The van der Waals surface area contributed by atoms with Crippen molar-refractivity contribution < 1.29 is 9.26 Å². The lowest BCUT2D eigenvalue weighted by atomic mass is 10.0. The van der Waals surface area contributed by atoms with Gasteiger partial charge in [0.1, 0.15) is 5.60 Å². The molecule has 1 unspecified atom stereocenters. The van der Waals surface area contributed by atoms with Crippen LogP contribution in [0, 0.1) is 0 Å². The van der Waals surface area contributed by atoms with Crippen molar-refractivity contribution >= 4 is 0 Å². The minimum atomic E-state index is -0.437. The number of ether oxygens (including phenoxy) is 1. The first-order valence-corrected chi connectivity index (χ1v) is 6.83. The van der Waals surface area contributed by atoms with Crippen LogP contribution in [0.2, 0.25) is 0 Å². The third-order valence-corrected chi connectivity index (χ3v) is 3.17. The van der Waals surface area contributed by atoms with Crippen molar-refractivity contribution in [1.82, 2.24) is 10.1 Å². The lowest BCUT2D eigenvalue weighted by molar-refractivity contribution is -0.0403. The van der Waals surface area contributed by atoms with Crippen LogP contribution in [0.4, 0.5) is 0 Å². The predicted molar refractivity (Wildman–Crippen MR) is 70.2 cm³/mol. The zero-order chi connectivity index (χ0) is 13.4. The van der Waals surface area contributed by atoms with Gasteiger partial charge in [0.25, 0.3) is 0 Å². The lowest BCUT2D eigenvalue weighted by Crippen LogP contribution is -2.26. The molecule has 0 aliphatic heterocycles. The molecular formula is C13H25N3O2. The summed E-state index contributed by atoms with van der Waals surface area (Å²) in [5.41, 5.74) is 5.02. The molecule has 2 N–H and O–H groups in total. The first kappa shape index (κ1) is 15.1. The van der Waals surface area contributed by atoms with Gasteiger partial charge in [-0.15, -0.1) is 0 Å². The van der Waals surface area contributed by atoms with Gasteiger partial charge in [0.2, 0.25) is 11.7 Å². The van der Waals surface area contributed by atoms with Crippen LogP contribution >= 0.6 is 0 Å². The number of unbranched alkanes of at least 4 members (excludes halogenated alkanes) is 2. The molecule has 5 heteroatoms. The summed E-state index contributed by atoms with van der Waals surface area (Å²) in [5, 5.41) is 4.04. The van der Waals surface area contributed by atoms with E-state index in [1.165, 1.54) is 0 Å². The molecule has 0 bridgehead atoms. The van der Waals surface area contributed by atoms with Gasteiger partial charge < -0.3 is 15.0 Å². The van der Waals surface area contributed by atoms with Crippen molar-refractivity contribution in [3.63, 3.8) is 0 Å². The molecule has 0 spiro atoms. The molecule has 0 saturated carbocycles. The highest BCUT2D eigenvalue weighted by atomic mass is 16.5. The Bertz CT molecular complexity index is 341. The van der Waals surface area contributed by atoms with E-state index < -0.39 is 5.60 Å². The van der Waals surface area contributed by atoms with Crippen molar-refractivity contribution in [1.29, 1.82) is 0 Å². The maximum Gasteiger partial charge on any atom is 0.226 e. The minimum Gasteiger partial charge on any atom is -0.367 e. The highest BCUT2D eigenvalue weighted by molar-refractivity contribution is 4.99. The molecule has 5 nitrogen and oxygen atoms in total. The summed E-state index contributed by atoms with van der Waals surface area (Å²) < 4.78 is 11.0. The van der Waals surface area contributed by atoms with Crippen molar-refractivity contribution in [2.24, 2.45) is 5.73 Å². The Morgan fingerprint density at radius 2 is 2.06 bits per heavy atom. The van der Waals surface area contributed by atoms with E-state index in [0.717, 1.165) is 38.6 Å². The van der Waals surface area contributed by atoms with Crippen LogP contribution in [0.15, 0.2) is 4.52 Å². The number of rotatable bonds is 9. The molecular weight excluding hydrogens is 230 g/mol. The van der Waals surface area contributed by atoms with Crippen LogP contribution in [0.3, 0.4) is 0 Å². The molecule has 0 saturated heterocycles. The summed E-state index contributed by atoms with van der Waals surface area (Å²) in [5.74, 6) is 1.35. The topological polar surface area (TPSA) is 74.2 Å². The van der Waals surface area contributed by atoms with Crippen LogP contribution in [0.5, 0.6) is 0 Å². The molecule has 0 aliphatic rings. The Balaban J connectivity index is 2.55. The van der Waals surface area contributed by atoms with Crippen LogP contribution in [-0.2, 0) is 16.8 Å². The van der Waals surface area contributed by atoms with Crippen LogP contribution in [0.25, 0.3) is 0 Å². The highest BCUT2D eigenvalue weighted by Crippen LogP contribution is 2.26. The molecule has 104 valence electrons. The quantitative estimate of drug-likeness (QED) is 0.686. The van der Waals surface area contributed by atoms with E-state index in [-0.39, 0.29) is 0 Å². The molecule has 18 heavy (non-hydrogen) atoms. The van der Waals surface area contributed by atoms with Gasteiger partial charge in [-0.2, -0.15) is 4.98 Å². The fourth-order valence-electron chi connectivity index (χ4n) is 1.81. The Kier molecular flexibility index (Phi) is 6.29. The van der Waals surface area contributed by atoms with Gasteiger partial charge in [0, 0.05) is 13.0 Å². The monoisotopic (exact) mass is 255 g/mol. The molecule has 0 radical (unpaired) electrons. The van der Waals surface area contributed by atoms with E-state index in [1.807, 2.05) is 13.8 Å². The average molecular weight is 255 g/mol. The standard InChI is InChI=1S/C13H25N3O2/c1-4-13(3,17-5-2)12-15-11(18-16-12)9-7-6-8-10-14/h4-10,14H2,1-3H3. The first-order valence-electron chi connectivity index (χ1n) is 6.83. The minimum absolute atomic E-state index is 0.437. The van der Waals surface area contributed by atoms with Gasteiger partial charge in [0.05, 0.1) is 0 Å². The van der Waals surface area contributed by atoms with Crippen molar-refractivity contribution in [3.8, 4) is 0 Å². The molecule has 1 aromatic rings. The van der Waals surface area contributed by atoms with Crippen LogP contribution < -0.4 is 5.73 Å². The summed E-state index contributed by atoms with van der Waals surface area (Å²) in [7, 11) is 0. The van der Waals surface area contributed by atoms with E-state index in [4.69, 9.17) is 15.0 Å². The van der Waals surface area contributed by atoms with E-state index in [2.05, 4.69) is 17.1 Å². The zero-order valence-corrected chi connectivity index (χ0v) is 11.7. The number of aryl methyl sites for hydroxylation is 1. The number of hydrogen-bond acceptors (Lipinski definition) is 5. The SMILES string of the molecule is CCOC(C)(CC)c1noc(CCCCCN)n1. The molecule has 0 fully saturated rings. The largest absolute Gasteiger partial charge is 0.367 e. The van der Waals surface area contributed by atoms with Gasteiger partial charge in [-0.25, -0.2) is 0 Å². The second-order valence-corrected chi connectivity index (χ2v) is 4.63. The van der Waals surface area contributed by atoms with Gasteiger partial charge in [-0.05, 0) is 39.7 Å². The van der Waals surface area contributed by atoms with Gasteiger partial charge >= 0.3 is 0 Å². The molecule has 0 amide bonds. The Labute approximate surface area is 109 Å². The van der Waals surface area contributed by atoms with Crippen molar-refractivity contribution in [2.75, 3.05) is 13.2 Å². The van der Waals surface area contributed by atoms with E-state index in [9.17, 15) is 0 Å². The summed E-state index contributed by atoms with van der Waals surface area (Å²) in [6, 6.07) is 0. The van der Waals surface area contributed by atoms with Gasteiger partial charge in [-0.1, -0.05) is 18.5 Å². The normalized spacial score (nSPS) is 14.7. The Hall–Kier alpha value is -0.940. The number of hydrogen-bond donors (Lipinski definition) is 1. The number of nitrogens with two attached hydrogens (primary N) is 1. The third kappa shape index (κ3) is 4.07. The second kappa shape index (κ2) is 7.48. The average Bonchev–Trinajstić information content (AvgIpc) is 2.84. The van der Waals surface area contributed by atoms with E-state index >= 15 is 0 Å². The van der Waals surface area contributed by atoms with E-state index in [0.29, 0.717) is 18.3 Å². The maximum absolute atomic E-state index is 5.72. The Morgan fingerprint density at radius 1 is 1.28 bits per heavy atom. The number of aromatic nitrogens is 2. The van der Waals surface area contributed by atoms with Crippen molar-refractivity contribution in [2.45, 2.75) is 58.5 Å². The van der Waals surface area contributed by atoms with Crippen molar-refractivity contribution in [3.05, 3.63) is 11.7 Å². The molecule has 1 aromatic heterocycles. The van der Waals surface area contributed by atoms with Gasteiger partial charge in [0.15, 0.2) is 0 Å². The summed E-state index contributed by atoms with van der Waals surface area (Å²) in [6.07, 6.45) is 4.83. The summed E-state index contributed by atoms with van der Waals surface area (Å²) in [6.45, 7) is 7.42. The fourth-order valence-corrected chi connectivity index (χ4v) is 1.81. The molecule has 0 aromatic carbocycles. The highest BCUT2D eigenvalue weighted by Gasteiger charge is 2.30. The number of nitrogens with zero attached hydrogens (tertiary/aromatic N) is 2. The smallest absolute Gasteiger partial charge is 0.226 e. The molecule has 1 heterocycles. The maximum atomic E-state index is 5.72. The van der Waals surface area contributed by atoms with Crippen LogP contribution in [0.1, 0.15) is 58.2 Å². The summed E-state index contributed by atoms with van der Waals surface area (Å²) in [4.78, 5) is 4.44. The lowest BCUT2D eigenvalue weighted by Gasteiger charge is -2.23. The molecule has 1 atom stereocenters. The third-order valence-electron chi connectivity index (χ3n) is 3.17. The zero-order valence-electron chi connectivity index (χ0n) is 11.7. The van der Waals surface area contributed by atoms with Crippen LogP contribution in [-0.4, -0.2) is 23.3 Å². The molecule has 1 rings (SSSR count).